The zero-order valence-corrected chi connectivity index (χ0v) is 14.3. The third-order valence-electron chi connectivity index (χ3n) is 3.29. The molecule has 24 heavy (non-hydrogen) atoms. The third kappa shape index (κ3) is 5.56. The lowest BCUT2D eigenvalue weighted by Gasteiger charge is -2.05. The molecule has 4 nitrogen and oxygen atoms in total. The molecule has 2 rings (SSSR count). The molecule has 0 bridgehead atoms. The van der Waals surface area contributed by atoms with Crippen molar-refractivity contribution >= 4 is 35.2 Å². The fourth-order valence-electron chi connectivity index (χ4n) is 1.90. The molecule has 124 valence electrons. The zero-order valence-electron chi connectivity index (χ0n) is 13.5. The number of hydrogen-bond donors (Lipinski definition) is 1. The fraction of sp³-hybridized carbons (Fsp3) is 0.158. The van der Waals surface area contributed by atoms with Gasteiger partial charge in [0.2, 0.25) is 0 Å². The Kier molecular flexibility index (Phi) is 6.15. The van der Waals surface area contributed by atoms with Gasteiger partial charge in [-0.2, -0.15) is 0 Å². The van der Waals surface area contributed by atoms with Crippen molar-refractivity contribution in [2.24, 2.45) is 0 Å². The van der Waals surface area contributed by atoms with E-state index in [-0.39, 0.29) is 12.5 Å². The molecule has 0 aliphatic heterocycles. The Morgan fingerprint density at radius 2 is 1.83 bits per heavy atom. The molecule has 0 aliphatic rings. The van der Waals surface area contributed by atoms with E-state index in [1.807, 2.05) is 38.1 Å². The van der Waals surface area contributed by atoms with Crippen molar-refractivity contribution in [3.63, 3.8) is 0 Å². The highest BCUT2D eigenvalue weighted by Crippen LogP contribution is 2.17. The first-order valence-electron chi connectivity index (χ1n) is 7.41. The Morgan fingerprint density at radius 1 is 1.12 bits per heavy atom. The minimum Gasteiger partial charge on any atom is -0.452 e. The lowest BCUT2D eigenvalue weighted by Crippen LogP contribution is -2.20. The molecular weight excluding hydrogens is 326 g/mol. The fourth-order valence-corrected chi connectivity index (χ4v) is 2.08. The predicted molar refractivity (Wildman–Crippen MR) is 96.0 cm³/mol. The Hall–Kier alpha value is -2.59. The number of carbonyl (C=O) groups is 2. The van der Waals surface area contributed by atoms with Crippen molar-refractivity contribution in [3.8, 4) is 0 Å². The molecule has 1 N–H and O–H groups in total. The van der Waals surface area contributed by atoms with E-state index >= 15 is 0 Å². The summed E-state index contributed by atoms with van der Waals surface area (Å²) < 4.78 is 4.90. The number of carbonyl (C=O) groups excluding carboxylic acids is 2. The number of rotatable bonds is 5. The topological polar surface area (TPSA) is 55.4 Å². The molecule has 0 radical (unpaired) electrons. The number of hydrogen-bond acceptors (Lipinski definition) is 3. The van der Waals surface area contributed by atoms with E-state index in [1.54, 1.807) is 24.3 Å². The average Bonchev–Trinajstić information content (AvgIpc) is 2.56. The smallest absolute Gasteiger partial charge is 0.331 e. The van der Waals surface area contributed by atoms with Crippen molar-refractivity contribution in [1.82, 2.24) is 0 Å². The van der Waals surface area contributed by atoms with E-state index < -0.39 is 5.97 Å². The Morgan fingerprint density at radius 3 is 2.50 bits per heavy atom. The van der Waals surface area contributed by atoms with Crippen LogP contribution >= 0.6 is 11.6 Å². The molecule has 0 unspecified atom stereocenters. The second kappa shape index (κ2) is 8.31. The zero-order chi connectivity index (χ0) is 17.5. The Balaban J connectivity index is 1.81. The summed E-state index contributed by atoms with van der Waals surface area (Å²) >= 11 is 6.02. The van der Waals surface area contributed by atoms with Crippen LogP contribution in [0.4, 0.5) is 5.69 Å². The maximum atomic E-state index is 11.7. The van der Waals surface area contributed by atoms with Crippen molar-refractivity contribution in [1.29, 1.82) is 0 Å². The molecule has 2 aromatic rings. The summed E-state index contributed by atoms with van der Waals surface area (Å²) in [5.41, 5.74) is 3.50. The molecule has 0 aliphatic carbocycles. The number of benzene rings is 2. The molecule has 0 saturated heterocycles. The second-order valence-electron chi connectivity index (χ2n) is 5.36. The highest BCUT2D eigenvalue weighted by atomic mass is 35.5. The van der Waals surface area contributed by atoms with Gasteiger partial charge in [-0.1, -0.05) is 41.4 Å². The van der Waals surface area contributed by atoms with Gasteiger partial charge >= 0.3 is 5.97 Å². The van der Waals surface area contributed by atoms with Gasteiger partial charge in [-0.05, 0) is 49.2 Å². The van der Waals surface area contributed by atoms with E-state index in [0.29, 0.717) is 10.7 Å². The minimum absolute atomic E-state index is 0.342. The quantitative estimate of drug-likeness (QED) is 0.655. The molecule has 0 fully saturated rings. The largest absolute Gasteiger partial charge is 0.452 e. The molecular formula is C19H18ClNO3. The highest BCUT2D eigenvalue weighted by molar-refractivity contribution is 6.31. The summed E-state index contributed by atoms with van der Waals surface area (Å²) in [6.07, 6.45) is 2.85. The molecule has 5 heteroatoms. The number of aryl methyl sites for hydroxylation is 2. The molecule has 0 atom stereocenters. The second-order valence-corrected chi connectivity index (χ2v) is 5.77. The third-order valence-corrected chi connectivity index (χ3v) is 3.70. The van der Waals surface area contributed by atoms with Crippen LogP contribution in [0.2, 0.25) is 5.02 Å². The molecule has 0 spiro atoms. The summed E-state index contributed by atoms with van der Waals surface area (Å²) in [5.74, 6) is -0.982. The lowest BCUT2D eigenvalue weighted by molar-refractivity contribution is -0.142. The highest BCUT2D eigenvalue weighted by Gasteiger charge is 2.05. The van der Waals surface area contributed by atoms with Gasteiger partial charge in [0.1, 0.15) is 0 Å². The van der Waals surface area contributed by atoms with Gasteiger partial charge in [0.15, 0.2) is 6.61 Å². The van der Waals surface area contributed by atoms with Crippen LogP contribution in [0.25, 0.3) is 6.08 Å². The molecule has 1 amide bonds. The lowest BCUT2D eigenvalue weighted by atomic mass is 10.1. The van der Waals surface area contributed by atoms with Gasteiger partial charge in [0, 0.05) is 16.8 Å². The maximum absolute atomic E-state index is 11.7. The number of amides is 1. The van der Waals surface area contributed by atoms with E-state index in [9.17, 15) is 9.59 Å². The first-order valence-corrected chi connectivity index (χ1v) is 7.79. The first kappa shape index (κ1) is 17.8. The van der Waals surface area contributed by atoms with Crippen molar-refractivity contribution in [2.75, 3.05) is 11.9 Å². The van der Waals surface area contributed by atoms with Crippen LogP contribution in [-0.2, 0) is 14.3 Å². The molecule has 0 aromatic heterocycles. The standard InChI is InChI=1S/C19H18ClNO3/c1-13-3-8-16(9-4-13)21-18(22)12-24-19(23)10-7-15-6-5-14(2)17(20)11-15/h3-11H,12H2,1-2H3,(H,21,22)/b10-7+. The molecule has 0 heterocycles. The van der Waals surface area contributed by atoms with E-state index in [4.69, 9.17) is 16.3 Å². The van der Waals surface area contributed by atoms with E-state index in [0.717, 1.165) is 16.7 Å². The number of nitrogens with one attached hydrogen (secondary N) is 1. The van der Waals surface area contributed by atoms with Gasteiger partial charge < -0.3 is 10.1 Å². The summed E-state index contributed by atoms with van der Waals surface area (Å²) in [7, 11) is 0. The van der Waals surface area contributed by atoms with Crippen molar-refractivity contribution in [2.45, 2.75) is 13.8 Å². The van der Waals surface area contributed by atoms with Gasteiger partial charge in [0.05, 0.1) is 0 Å². The summed E-state index contributed by atoms with van der Waals surface area (Å²) in [5, 5.41) is 3.28. The summed E-state index contributed by atoms with van der Waals surface area (Å²) in [4.78, 5) is 23.4. The Bertz CT molecular complexity index is 767. The molecule has 2 aromatic carbocycles. The normalized spacial score (nSPS) is 10.6. The van der Waals surface area contributed by atoms with E-state index in [2.05, 4.69) is 5.32 Å². The molecule has 0 saturated carbocycles. The van der Waals surface area contributed by atoms with Crippen LogP contribution in [0.3, 0.4) is 0 Å². The van der Waals surface area contributed by atoms with Gasteiger partial charge in [0.25, 0.3) is 5.91 Å². The summed E-state index contributed by atoms with van der Waals surface area (Å²) in [6, 6.07) is 12.8. The van der Waals surface area contributed by atoms with Crippen LogP contribution in [0, 0.1) is 13.8 Å². The van der Waals surface area contributed by atoms with Gasteiger partial charge in [-0.3, -0.25) is 4.79 Å². The number of anilines is 1. The van der Waals surface area contributed by atoms with Crippen molar-refractivity contribution < 1.29 is 14.3 Å². The van der Waals surface area contributed by atoms with Crippen molar-refractivity contribution in [3.05, 3.63) is 70.3 Å². The SMILES string of the molecule is Cc1ccc(NC(=O)COC(=O)/C=C/c2ccc(C)c(Cl)c2)cc1. The maximum Gasteiger partial charge on any atom is 0.331 e. The van der Waals surface area contributed by atoms with Crippen LogP contribution in [0.1, 0.15) is 16.7 Å². The van der Waals surface area contributed by atoms with Crippen LogP contribution in [0.15, 0.2) is 48.5 Å². The van der Waals surface area contributed by atoms with Gasteiger partial charge in [-0.15, -0.1) is 0 Å². The number of ether oxygens (including phenoxy) is 1. The number of esters is 1. The van der Waals surface area contributed by atoms with Crippen LogP contribution in [-0.4, -0.2) is 18.5 Å². The number of halogens is 1. The van der Waals surface area contributed by atoms with Crippen LogP contribution < -0.4 is 5.32 Å². The first-order chi connectivity index (χ1) is 11.4. The minimum atomic E-state index is -0.592. The monoisotopic (exact) mass is 343 g/mol. The van der Waals surface area contributed by atoms with Gasteiger partial charge in [-0.25, -0.2) is 4.79 Å². The summed E-state index contributed by atoms with van der Waals surface area (Å²) in [6.45, 7) is 3.52. The predicted octanol–water partition coefficient (Wildman–Crippen LogP) is 4.15. The van der Waals surface area contributed by atoms with Crippen LogP contribution in [0.5, 0.6) is 0 Å². The Labute approximate surface area is 146 Å². The average molecular weight is 344 g/mol. The van der Waals surface area contributed by atoms with E-state index in [1.165, 1.54) is 6.08 Å².